The number of thioether (sulfide) groups is 1. The van der Waals surface area contributed by atoms with Gasteiger partial charge in [-0.15, -0.1) is 0 Å². The van der Waals surface area contributed by atoms with Crippen LogP contribution in [0.3, 0.4) is 0 Å². The number of rotatable bonds is 6. The molecule has 2 aromatic carbocycles. The van der Waals surface area contributed by atoms with Gasteiger partial charge in [-0.2, -0.15) is 0 Å². The minimum atomic E-state index is -0.0358. The van der Waals surface area contributed by atoms with Crippen LogP contribution in [-0.4, -0.2) is 29.1 Å². The molecule has 2 aromatic rings. The summed E-state index contributed by atoms with van der Waals surface area (Å²) in [6, 6.07) is 15.1. The molecular formula is C22H23ClN2O2S. The van der Waals surface area contributed by atoms with E-state index in [0.717, 1.165) is 11.3 Å². The number of amidine groups is 1. The summed E-state index contributed by atoms with van der Waals surface area (Å²) in [6.07, 6.45) is 1.89. The molecule has 1 fully saturated rings. The van der Waals surface area contributed by atoms with Gasteiger partial charge in [0.15, 0.2) is 5.17 Å². The molecular weight excluding hydrogens is 392 g/mol. The van der Waals surface area contributed by atoms with Crippen molar-refractivity contribution in [2.45, 2.75) is 20.8 Å². The number of para-hydroxylation sites is 1. The first-order chi connectivity index (χ1) is 13.5. The van der Waals surface area contributed by atoms with Gasteiger partial charge >= 0.3 is 0 Å². The lowest BCUT2D eigenvalue weighted by Crippen LogP contribution is -2.32. The Morgan fingerprint density at radius 1 is 1.21 bits per heavy atom. The first kappa shape index (κ1) is 20.5. The lowest BCUT2D eigenvalue weighted by atomic mass is 10.2. The molecule has 1 heterocycles. The van der Waals surface area contributed by atoms with Crippen molar-refractivity contribution in [1.29, 1.82) is 0 Å². The van der Waals surface area contributed by atoms with Crippen molar-refractivity contribution in [1.82, 2.24) is 4.90 Å². The summed E-state index contributed by atoms with van der Waals surface area (Å²) >= 11 is 7.63. The van der Waals surface area contributed by atoms with E-state index in [9.17, 15) is 4.79 Å². The number of halogens is 1. The van der Waals surface area contributed by atoms with Gasteiger partial charge in [0.2, 0.25) is 0 Å². The Morgan fingerprint density at radius 3 is 2.71 bits per heavy atom. The number of amides is 1. The fraction of sp³-hybridized carbons (Fsp3) is 0.273. The van der Waals surface area contributed by atoms with Crippen LogP contribution in [0.25, 0.3) is 6.08 Å². The Morgan fingerprint density at radius 2 is 2.00 bits per heavy atom. The van der Waals surface area contributed by atoms with Gasteiger partial charge in [0.05, 0.1) is 22.2 Å². The fourth-order valence-corrected chi connectivity index (χ4v) is 3.95. The summed E-state index contributed by atoms with van der Waals surface area (Å²) < 4.78 is 5.56. The summed E-state index contributed by atoms with van der Waals surface area (Å²) in [5.74, 6) is 1.07. The zero-order chi connectivity index (χ0) is 20.1. The van der Waals surface area contributed by atoms with Gasteiger partial charge in [-0.1, -0.05) is 49.7 Å². The number of benzene rings is 2. The molecule has 0 radical (unpaired) electrons. The molecule has 0 aliphatic carbocycles. The normalized spacial score (nSPS) is 17.2. The highest BCUT2D eigenvalue weighted by Gasteiger charge is 2.33. The van der Waals surface area contributed by atoms with E-state index in [1.165, 1.54) is 11.8 Å². The van der Waals surface area contributed by atoms with Gasteiger partial charge in [0.25, 0.3) is 5.91 Å². The topological polar surface area (TPSA) is 41.9 Å². The van der Waals surface area contributed by atoms with E-state index in [1.807, 2.05) is 55.5 Å². The van der Waals surface area contributed by atoms with E-state index in [0.29, 0.717) is 39.9 Å². The Labute approximate surface area is 175 Å². The molecule has 1 aliphatic rings. The van der Waals surface area contributed by atoms with Crippen LogP contribution in [0.4, 0.5) is 5.69 Å². The Bertz CT molecular complexity index is 924. The van der Waals surface area contributed by atoms with Crippen LogP contribution in [0.5, 0.6) is 5.75 Å². The summed E-state index contributed by atoms with van der Waals surface area (Å²) in [4.78, 5) is 20.1. The quantitative estimate of drug-likeness (QED) is 0.544. The van der Waals surface area contributed by atoms with E-state index < -0.39 is 0 Å². The Kier molecular flexibility index (Phi) is 6.81. The standard InChI is InChI=1S/C22H23ClN2O2S/c1-4-27-17-9-7-8-16(12-17)13-20-21(26)25(14-15(2)3)22(28-20)24-19-11-6-5-10-18(19)23/h5-13,15H,4,14H2,1-3H3/b20-13+,24-22?. The summed E-state index contributed by atoms with van der Waals surface area (Å²) in [5.41, 5.74) is 1.58. The summed E-state index contributed by atoms with van der Waals surface area (Å²) in [5, 5.41) is 1.22. The number of nitrogens with zero attached hydrogens (tertiary/aromatic N) is 2. The number of ether oxygens (including phenoxy) is 1. The van der Waals surface area contributed by atoms with Crippen LogP contribution in [0.1, 0.15) is 26.3 Å². The van der Waals surface area contributed by atoms with Crippen LogP contribution >= 0.6 is 23.4 Å². The molecule has 146 valence electrons. The van der Waals surface area contributed by atoms with Crippen LogP contribution in [-0.2, 0) is 4.79 Å². The number of carbonyl (C=O) groups is 1. The van der Waals surface area contributed by atoms with Crippen molar-refractivity contribution in [3.8, 4) is 5.75 Å². The SMILES string of the molecule is CCOc1cccc(/C=C2/SC(=Nc3ccccc3Cl)N(CC(C)C)C2=O)c1. The maximum atomic E-state index is 13.0. The van der Waals surface area contributed by atoms with Crippen LogP contribution in [0.2, 0.25) is 5.02 Å². The molecule has 0 bridgehead atoms. The second kappa shape index (κ2) is 9.30. The maximum Gasteiger partial charge on any atom is 0.266 e. The van der Waals surface area contributed by atoms with E-state index in [2.05, 4.69) is 18.8 Å². The monoisotopic (exact) mass is 414 g/mol. The van der Waals surface area contributed by atoms with Crippen molar-refractivity contribution >= 4 is 46.2 Å². The van der Waals surface area contributed by atoms with Gasteiger partial charge in [0, 0.05) is 6.54 Å². The molecule has 0 saturated carbocycles. The highest BCUT2D eigenvalue weighted by atomic mass is 35.5. The number of hydrogen-bond donors (Lipinski definition) is 0. The van der Waals surface area contributed by atoms with Gasteiger partial charge in [-0.05, 0) is 60.5 Å². The van der Waals surface area contributed by atoms with E-state index in [4.69, 9.17) is 16.3 Å². The number of aliphatic imine (C=N–C) groups is 1. The average Bonchev–Trinajstić information content (AvgIpc) is 2.93. The predicted molar refractivity (Wildman–Crippen MR) is 118 cm³/mol. The molecule has 0 aromatic heterocycles. The molecule has 0 N–H and O–H groups in total. The van der Waals surface area contributed by atoms with Crippen LogP contribution in [0.15, 0.2) is 58.4 Å². The molecule has 3 rings (SSSR count). The minimum Gasteiger partial charge on any atom is -0.494 e. The zero-order valence-electron chi connectivity index (χ0n) is 16.2. The van der Waals surface area contributed by atoms with Crippen molar-refractivity contribution in [3.63, 3.8) is 0 Å². The van der Waals surface area contributed by atoms with E-state index in [1.54, 1.807) is 11.0 Å². The third-order valence-corrected chi connectivity index (χ3v) is 5.30. The van der Waals surface area contributed by atoms with E-state index in [-0.39, 0.29) is 5.91 Å². The number of carbonyl (C=O) groups excluding carboxylic acids is 1. The predicted octanol–water partition coefficient (Wildman–Crippen LogP) is 6.00. The van der Waals surface area contributed by atoms with Crippen LogP contribution < -0.4 is 4.74 Å². The first-order valence-corrected chi connectivity index (χ1v) is 10.4. The lowest BCUT2D eigenvalue weighted by Gasteiger charge is -2.17. The third kappa shape index (κ3) is 4.97. The molecule has 4 nitrogen and oxygen atoms in total. The maximum absolute atomic E-state index is 13.0. The summed E-state index contributed by atoms with van der Waals surface area (Å²) in [6.45, 7) is 7.31. The number of hydrogen-bond acceptors (Lipinski definition) is 4. The van der Waals surface area contributed by atoms with E-state index >= 15 is 0 Å². The van der Waals surface area contributed by atoms with Crippen molar-refractivity contribution in [3.05, 3.63) is 64.0 Å². The van der Waals surface area contributed by atoms with Gasteiger partial charge < -0.3 is 4.74 Å². The molecule has 0 spiro atoms. The van der Waals surface area contributed by atoms with Gasteiger partial charge in [-0.25, -0.2) is 4.99 Å². The molecule has 1 aliphatic heterocycles. The fourth-order valence-electron chi connectivity index (χ4n) is 2.78. The van der Waals surface area contributed by atoms with Crippen molar-refractivity contribution < 1.29 is 9.53 Å². The molecule has 1 saturated heterocycles. The molecule has 1 amide bonds. The molecule has 0 atom stereocenters. The minimum absolute atomic E-state index is 0.0358. The average molecular weight is 415 g/mol. The Balaban J connectivity index is 1.95. The lowest BCUT2D eigenvalue weighted by molar-refractivity contribution is -0.122. The zero-order valence-corrected chi connectivity index (χ0v) is 17.8. The molecule has 28 heavy (non-hydrogen) atoms. The smallest absolute Gasteiger partial charge is 0.266 e. The third-order valence-electron chi connectivity index (χ3n) is 3.97. The highest BCUT2D eigenvalue weighted by Crippen LogP contribution is 2.36. The first-order valence-electron chi connectivity index (χ1n) is 9.25. The van der Waals surface area contributed by atoms with Gasteiger partial charge in [-0.3, -0.25) is 9.69 Å². The van der Waals surface area contributed by atoms with Gasteiger partial charge in [0.1, 0.15) is 5.75 Å². The Hall–Kier alpha value is -2.24. The highest BCUT2D eigenvalue weighted by molar-refractivity contribution is 8.18. The second-order valence-electron chi connectivity index (χ2n) is 6.77. The largest absolute Gasteiger partial charge is 0.494 e. The second-order valence-corrected chi connectivity index (χ2v) is 8.19. The molecule has 6 heteroatoms. The summed E-state index contributed by atoms with van der Waals surface area (Å²) in [7, 11) is 0. The van der Waals surface area contributed by atoms with Crippen molar-refractivity contribution in [2.75, 3.05) is 13.2 Å². The van der Waals surface area contributed by atoms with Crippen molar-refractivity contribution in [2.24, 2.45) is 10.9 Å². The van der Waals surface area contributed by atoms with Crippen LogP contribution in [0, 0.1) is 5.92 Å². The molecule has 0 unspecified atom stereocenters.